The summed E-state index contributed by atoms with van der Waals surface area (Å²) in [4.78, 5) is 1.23. The molecule has 1 aromatic carbocycles. The summed E-state index contributed by atoms with van der Waals surface area (Å²) in [5.74, 6) is 2.80. The van der Waals surface area contributed by atoms with Crippen LogP contribution in [0.2, 0.25) is 0 Å². The molecule has 5 rings (SSSR count). The molecule has 1 heterocycles. The highest BCUT2D eigenvalue weighted by Gasteiger charge is 2.65. The third-order valence-corrected chi connectivity index (χ3v) is 8.90. The second kappa shape index (κ2) is 7.19. The fourth-order valence-corrected chi connectivity index (χ4v) is 7.42. The van der Waals surface area contributed by atoms with E-state index >= 15 is 0 Å². The van der Waals surface area contributed by atoms with Gasteiger partial charge in [-0.3, -0.25) is 0 Å². The Hall–Kier alpha value is -0.750. The van der Waals surface area contributed by atoms with E-state index < -0.39 is 0 Å². The predicted molar refractivity (Wildman–Crippen MR) is 110 cm³/mol. The normalized spacial score (nSPS) is 35.5. The number of thioether (sulfide) groups is 1. The van der Waals surface area contributed by atoms with Crippen molar-refractivity contribution in [2.24, 2.45) is 17.3 Å². The van der Waals surface area contributed by atoms with Crippen molar-refractivity contribution in [3.8, 4) is 5.75 Å². The molecule has 3 aliphatic carbocycles. The van der Waals surface area contributed by atoms with E-state index in [4.69, 9.17) is 18.9 Å². The molecule has 2 saturated carbocycles. The first-order valence-corrected chi connectivity index (χ1v) is 11.9. The van der Waals surface area contributed by atoms with Gasteiger partial charge in [-0.05, 0) is 79.4 Å². The van der Waals surface area contributed by atoms with Crippen LogP contribution in [-0.4, -0.2) is 39.2 Å². The van der Waals surface area contributed by atoms with Crippen molar-refractivity contribution in [1.82, 2.24) is 0 Å². The molecule has 1 aromatic rings. The van der Waals surface area contributed by atoms with Crippen LogP contribution in [0.3, 0.4) is 0 Å². The Labute approximate surface area is 172 Å². The van der Waals surface area contributed by atoms with Crippen molar-refractivity contribution >= 4 is 11.8 Å². The zero-order chi connectivity index (χ0) is 19.4. The van der Waals surface area contributed by atoms with Crippen LogP contribution in [0.5, 0.6) is 5.75 Å². The molecule has 1 aliphatic heterocycles. The molecule has 0 unspecified atom stereocenters. The maximum atomic E-state index is 6.26. The van der Waals surface area contributed by atoms with Gasteiger partial charge in [0.25, 0.3) is 0 Å². The first-order chi connectivity index (χ1) is 13.6. The monoisotopic (exact) mass is 404 g/mol. The summed E-state index contributed by atoms with van der Waals surface area (Å²) in [6, 6.07) is 4.70. The van der Waals surface area contributed by atoms with Gasteiger partial charge in [-0.25, -0.2) is 0 Å². The van der Waals surface area contributed by atoms with Gasteiger partial charge in [0, 0.05) is 23.8 Å². The molecule has 28 heavy (non-hydrogen) atoms. The first-order valence-electron chi connectivity index (χ1n) is 10.7. The summed E-state index contributed by atoms with van der Waals surface area (Å²) in [5, 5.41) is 0. The van der Waals surface area contributed by atoms with Crippen molar-refractivity contribution in [2.45, 2.75) is 62.0 Å². The Bertz CT molecular complexity index is 744. The van der Waals surface area contributed by atoms with E-state index in [9.17, 15) is 0 Å². The summed E-state index contributed by atoms with van der Waals surface area (Å²) < 4.78 is 23.5. The summed E-state index contributed by atoms with van der Waals surface area (Å²) in [5.41, 5.74) is 3.22. The SMILES string of the molecule is COCOc1cc2c(cc1SC)[C@H]1CC[C@@]3(C)[C@@H](CCC34OCCO4)[C@@H]1CC2. The number of methoxy groups -OCH3 is 1. The van der Waals surface area contributed by atoms with Gasteiger partial charge in [0.15, 0.2) is 12.6 Å². The molecule has 4 atom stereocenters. The minimum atomic E-state index is -0.300. The molecule has 1 spiro atoms. The molecular weight excluding hydrogens is 372 g/mol. The Morgan fingerprint density at radius 3 is 2.71 bits per heavy atom. The lowest BCUT2D eigenvalue weighted by atomic mass is 9.55. The zero-order valence-electron chi connectivity index (χ0n) is 17.3. The quantitative estimate of drug-likeness (QED) is 0.522. The van der Waals surface area contributed by atoms with Crippen LogP contribution in [0, 0.1) is 17.3 Å². The second-order valence-corrected chi connectivity index (χ2v) is 9.96. The van der Waals surface area contributed by atoms with Crippen molar-refractivity contribution in [2.75, 3.05) is 33.4 Å². The highest BCUT2D eigenvalue weighted by atomic mass is 32.2. The van der Waals surface area contributed by atoms with Gasteiger partial charge in [-0.15, -0.1) is 11.8 Å². The van der Waals surface area contributed by atoms with E-state index in [1.165, 1.54) is 36.1 Å². The van der Waals surface area contributed by atoms with Crippen molar-refractivity contribution in [3.63, 3.8) is 0 Å². The fraction of sp³-hybridized carbons (Fsp3) is 0.739. The van der Waals surface area contributed by atoms with Crippen LogP contribution < -0.4 is 4.74 Å². The molecule has 0 bridgehead atoms. The zero-order valence-corrected chi connectivity index (χ0v) is 18.1. The number of hydrogen-bond acceptors (Lipinski definition) is 5. The van der Waals surface area contributed by atoms with Gasteiger partial charge < -0.3 is 18.9 Å². The molecule has 0 amide bonds. The lowest BCUT2D eigenvalue weighted by Gasteiger charge is -2.52. The van der Waals surface area contributed by atoms with E-state index in [-0.39, 0.29) is 11.2 Å². The molecule has 4 nitrogen and oxygen atoms in total. The van der Waals surface area contributed by atoms with Gasteiger partial charge in [0.1, 0.15) is 5.75 Å². The van der Waals surface area contributed by atoms with E-state index in [1.54, 1.807) is 24.4 Å². The van der Waals surface area contributed by atoms with Crippen LogP contribution in [0.4, 0.5) is 0 Å². The van der Waals surface area contributed by atoms with Crippen LogP contribution in [0.1, 0.15) is 56.1 Å². The third-order valence-electron chi connectivity index (χ3n) is 8.14. The van der Waals surface area contributed by atoms with E-state index in [0.29, 0.717) is 18.6 Å². The van der Waals surface area contributed by atoms with Crippen molar-refractivity contribution in [3.05, 3.63) is 23.3 Å². The molecule has 1 saturated heterocycles. The standard InChI is InChI=1S/C23H32O4S/c1-22-8-6-16-17(19(22)7-9-23(22)26-10-11-27-23)5-4-15-12-20(25-14-24-2)21(28-3)13-18(15)16/h12-13,16-17,19H,4-11,14H2,1-3H3/t16-,17+,19-,22-/m0/s1. The summed E-state index contributed by atoms with van der Waals surface area (Å²) in [6.45, 7) is 4.29. The highest BCUT2D eigenvalue weighted by Crippen LogP contribution is 2.66. The summed E-state index contributed by atoms with van der Waals surface area (Å²) in [7, 11) is 1.67. The fourth-order valence-electron chi connectivity index (χ4n) is 6.86. The third kappa shape index (κ3) is 2.69. The summed E-state index contributed by atoms with van der Waals surface area (Å²) >= 11 is 1.77. The van der Waals surface area contributed by atoms with Gasteiger partial charge >= 0.3 is 0 Å². The summed E-state index contributed by atoms with van der Waals surface area (Å²) in [6.07, 6.45) is 9.32. The van der Waals surface area contributed by atoms with Crippen LogP contribution in [-0.2, 0) is 20.6 Å². The van der Waals surface area contributed by atoms with Gasteiger partial charge in [0.05, 0.1) is 13.2 Å². The Balaban J connectivity index is 1.46. The molecule has 4 aliphatic rings. The lowest BCUT2D eigenvalue weighted by Crippen LogP contribution is -2.51. The van der Waals surface area contributed by atoms with E-state index in [1.807, 2.05) is 0 Å². The number of benzene rings is 1. The number of rotatable bonds is 4. The largest absolute Gasteiger partial charge is 0.466 e. The molecule has 154 valence electrons. The molecule has 0 N–H and O–H groups in total. The average molecular weight is 405 g/mol. The van der Waals surface area contributed by atoms with Crippen molar-refractivity contribution in [1.29, 1.82) is 0 Å². The molecule has 0 radical (unpaired) electrons. The van der Waals surface area contributed by atoms with Gasteiger partial charge in [-0.2, -0.15) is 0 Å². The minimum absolute atomic E-state index is 0.173. The average Bonchev–Trinajstić information content (AvgIpc) is 3.31. The Morgan fingerprint density at radius 1 is 1.14 bits per heavy atom. The van der Waals surface area contributed by atoms with Crippen LogP contribution in [0.15, 0.2) is 17.0 Å². The number of aryl methyl sites for hydroxylation is 1. The highest BCUT2D eigenvalue weighted by molar-refractivity contribution is 7.98. The Morgan fingerprint density at radius 2 is 1.96 bits per heavy atom. The van der Waals surface area contributed by atoms with Gasteiger partial charge in [0.2, 0.25) is 0 Å². The smallest absolute Gasteiger partial charge is 0.188 e. The molecule has 5 heteroatoms. The van der Waals surface area contributed by atoms with Crippen LogP contribution in [0.25, 0.3) is 0 Å². The van der Waals surface area contributed by atoms with Crippen molar-refractivity contribution < 1.29 is 18.9 Å². The van der Waals surface area contributed by atoms with Gasteiger partial charge in [-0.1, -0.05) is 6.92 Å². The number of ether oxygens (including phenoxy) is 4. The molecule has 3 fully saturated rings. The molecular formula is C23H32O4S. The molecule has 0 aromatic heterocycles. The maximum absolute atomic E-state index is 6.26. The first kappa shape index (κ1) is 19.2. The number of fused-ring (bicyclic) bond motifs is 6. The topological polar surface area (TPSA) is 36.9 Å². The predicted octanol–water partition coefficient (Wildman–Crippen LogP) is 4.99. The maximum Gasteiger partial charge on any atom is 0.188 e. The lowest BCUT2D eigenvalue weighted by molar-refractivity contribution is -0.237. The van der Waals surface area contributed by atoms with E-state index in [0.717, 1.165) is 37.7 Å². The minimum Gasteiger partial charge on any atom is -0.466 e. The van der Waals surface area contributed by atoms with Crippen LogP contribution >= 0.6 is 11.8 Å². The Kier molecular flexibility index (Phi) is 4.94. The number of hydrogen-bond donors (Lipinski definition) is 0. The van der Waals surface area contributed by atoms with E-state index in [2.05, 4.69) is 25.3 Å². The second-order valence-electron chi connectivity index (χ2n) is 9.11.